The largest absolute Gasteiger partial charge is 0.329 e. The van der Waals surface area contributed by atoms with Crippen LogP contribution in [0, 0.1) is 5.92 Å². The highest BCUT2D eigenvalue weighted by molar-refractivity contribution is 5.30. The molecule has 2 heteroatoms. The van der Waals surface area contributed by atoms with Crippen LogP contribution >= 0.6 is 0 Å². The molecule has 1 aliphatic heterocycles. The minimum atomic E-state index is 0.539. The summed E-state index contributed by atoms with van der Waals surface area (Å²) in [5.74, 6) is 0.731. The van der Waals surface area contributed by atoms with Crippen LogP contribution in [0.2, 0.25) is 0 Å². The highest BCUT2D eigenvalue weighted by atomic mass is 15.2. The monoisotopic (exact) mass is 232 g/mol. The molecule has 1 heterocycles. The Balaban J connectivity index is 2.10. The number of nitrogens with zero attached hydrogens (tertiary/aromatic N) is 1. The molecule has 94 valence electrons. The van der Waals surface area contributed by atoms with E-state index in [0.717, 1.165) is 25.6 Å². The summed E-state index contributed by atoms with van der Waals surface area (Å²) in [4.78, 5) is 2.56. The van der Waals surface area contributed by atoms with E-state index in [0.29, 0.717) is 6.04 Å². The van der Waals surface area contributed by atoms with Crippen LogP contribution in [0.3, 0.4) is 0 Å². The standard InChI is InChI=1S/C15H24N2/c1-3-12(4-2)15(9-16)17-10-13-7-5-6-8-14(13)11-17/h5-8,12,15H,3-4,9-11,16H2,1-2H3. The fraction of sp³-hybridized carbons (Fsp3) is 0.600. The van der Waals surface area contributed by atoms with Gasteiger partial charge in [0.15, 0.2) is 0 Å². The molecule has 0 radical (unpaired) electrons. The van der Waals surface area contributed by atoms with Gasteiger partial charge in [0.25, 0.3) is 0 Å². The zero-order chi connectivity index (χ0) is 12.3. The molecule has 1 unspecified atom stereocenters. The van der Waals surface area contributed by atoms with Crippen molar-refractivity contribution in [1.29, 1.82) is 0 Å². The summed E-state index contributed by atoms with van der Waals surface area (Å²) in [6.45, 7) is 7.49. The summed E-state index contributed by atoms with van der Waals surface area (Å²) >= 11 is 0. The summed E-state index contributed by atoms with van der Waals surface area (Å²) in [5, 5.41) is 0. The normalized spacial score (nSPS) is 17.4. The molecule has 0 spiro atoms. The molecule has 0 saturated carbocycles. The molecule has 0 amide bonds. The highest BCUT2D eigenvalue weighted by Gasteiger charge is 2.28. The summed E-state index contributed by atoms with van der Waals surface area (Å²) in [6, 6.07) is 9.30. The van der Waals surface area contributed by atoms with Crippen LogP contribution in [0.15, 0.2) is 24.3 Å². The van der Waals surface area contributed by atoms with Crippen LogP contribution in [-0.2, 0) is 13.1 Å². The molecule has 0 fully saturated rings. The Kier molecular flexibility index (Phi) is 4.19. The van der Waals surface area contributed by atoms with Crippen LogP contribution in [-0.4, -0.2) is 17.5 Å². The van der Waals surface area contributed by atoms with Crippen molar-refractivity contribution in [3.63, 3.8) is 0 Å². The van der Waals surface area contributed by atoms with Gasteiger partial charge >= 0.3 is 0 Å². The van der Waals surface area contributed by atoms with E-state index >= 15 is 0 Å². The van der Waals surface area contributed by atoms with Crippen LogP contribution in [0.1, 0.15) is 37.8 Å². The molecule has 2 nitrogen and oxygen atoms in total. The van der Waals surface area contributed by atoms with Crippen molar-refractivity contribution < 1.29 is 0 Å². The number of benzene rings is 1. The number of hydrogen-bond donors (Lipinski definition) is 1. The van der Waals surface area contributed by atoms with E-state index in [4.69, 9.17) is 5.73 Å². The Morgan fingerprint density at radius 3 is 2.06 bits per heavy atom. The highest BCUT2D eigenvalue weighted by Crippen LogP contribution is 2.28. The average Bonchev–Trinajstić information content (AvgIpc) is 2.78. The summed E-state index contributed by atoms with van der Waals surface area (Å²) in [6.07, 6.45) is 2.45. The van der Waals surface area contributed by atoms with Crippen LogP contribution in [0.25, 0.3) is 0 Å². The fourth-order valence-corrected chi connectivity index (χ4v) is 3.07. The topological polar surface area (TPSA) is 29.3 Å². The summed E-state index contributed by atoms with van der Waals surface area (Å²) in [5.41, 5.74) is 8.96. The zero-order valence-electron chi connectivity index (χ0n) is 11.0. The fourth-order valence-electron chi connectivity index (χ4n) is 3.07. The molecule has 2 rings (SSSR count). The molecule has 0 saturated heterocycles. The quantitative estimate of drug-likeness (QED) is 0.846. The third-order valence-corrected chi connectivity index (χ3v) is 4.17. The Morgan fingerprint density at radius 1 is 1.12 bits per heavy atom. The summed E-state index contributed by atoms with van der Waals surface area (Å²) < 4.78 is 0. The minimum absolute atomic E-state index is 0.539. The van der Waals surface area contributed by atoms with Gasteiger partial charge in [-0.2, -0.15) is 0 Å². The molecule has 1 aromatic carbocycles. The van der Waals surface area contributed by atoms with E-state index in [9.17, 15) is 0 Å². The molecule has 0 aliphatic carbocycles. The maximum absolute atomic E-state index is 6.00. The van der Waals surface area contributed by atoms with E-state index in [1.54, 1.807) is 0 Å². The van der Waals surface area contributed by atoms with Gasteiger partial charge in [-0.3, -0.25) is 4.90 Å². The lowest BCUT2D eigenvalue weighted by Gasteiger charge is -2.32. The zero-order valence-corrected chi connectivity index (χ0v) is 11.0. The van der Waals surface area contributed by atoms with Crippen LogP contribution < -0.4 is 5.73 Å². The summed E-state index contributed by atoms with van der Waals surface area (Å²) in [7, 11) is 0. The first-order chi connectivity index (χ1) is 8.30. The maximum Gasteiger partial charge on any atom is 0.0253 e. The predicted octanol–water partition coefficient (Wildman–Crippen LogP) is 2.77. The molecule has 1 atom stereocenters. The first kappa shape index (κ1) is 12.6. The third-order valence-electron chi connectivity index (χ3n) is 4.17. The lowest BCUT2D eigenvalue weighted by Crippen LogP contribution is -2.42. The number of nitrogens with two attached hydrogens (primary N) is 1. The van der Waals surface area contributed by atoms with Crippen LogP contribution in [0.4, 0.5) is 0 Å². The molecule has 0 bridgehead atoms. The number of hydrogen-bond acceptors (Lipinski definition) is 2. The Hall–Kier alpha value is -0.860. The molecule has 17 heavy (non-hydrogen) atoms. The maximum atomic E-state index is 6.00. The van der Waals surface area contributed by atoms with Gasteiger partial charge in [0.1, 0.15) is 0 Å². The molecule has 1 aliphatic rings. The van der Waals surface area contributed by atoms with Gasteiger partial charge in [-0.25, -0.2) is 0 Å². The van der Waals surface area contributed by atoms with Gasteiger partial charge in [0.05, 0.1) is 0 Å². The Labute approximate surface area is 105 Å². The van der Waals surface area contributed by atoms with Crippen molar-refractivity contribution in [2.45, 2.75) is 45.8 Å². The smallest absolute Gasteiger partial charge is 0.0253 e. The van der Waals surface area contributed by atoms with Gasteiger partial charge in [-0.1, -0.05) is 51.0 Å². The van der Waals surface area contributed by atoms with E-state index in [1.165, 1.54) is 24.0 Å². The van der Waals surface area contributed by atoms with E-state index in [-0.39, 0.29) is 0 Å². The van der Waals surface area contributed by atoms with Crippen LogP contribution in [0.5, 0.6) is 0 Å². The first-order valence-electron chi connectivity index (χ1n) is 6.81. The van der Waals surface area contributed by atoms with E-state index in [1.807, 2.05) is 0 Å². The predicted molar refractivity (Wildman–Crippen MR) is 72.6 cm³/mol. The Morgan fingerprint density at radius 2 is 1.65 bits per heavy atom. The van der Waals surface area contributed by atoms with Crippen molar-refractivity contribution in [3.8, 4) is 0 Å². The van der Waals surface area contributed by atoms with E-state index in [2.05, 4.69) is 43.0 Å². The molecular formula is C15H24N2. The van der Waals surface area contributed by atoms with E-state index < -0.39 is 0 Å². The average molecular weight is 232 g/mol. The first-order valence-corrected chi connectivity index (χ1v) is 6.81. The van der Waals surface area contributed by atoms with Crippen molar-refractivity contribution in [1.82, 2.24) is 4.90 Å². The van der Waals surface area contributed by atoms with Crippen molar-refractivity contribution >= 4 is 0 Å². The van der Waals surface area contributed by atoms with Gasteiger partial charge in [-0.15, -0.1) is 0 Å². The van der Waals surface area contributed by atoms with Crippen molar-refractivity contribution in [3.05, 3.63) is 35.4 Å². The van der Waals surface area contributed by atoms with Gasteiger partial charge in [0.2, 0.25) is 0 Å². The minimum Gasteiger partial charge on any atom is -0.329 e. The third kappa shape index (κ3) is 2.53. The second-order valence-electron chi connectivity index (χ2n) is 5.05. The SMILES string of the molecule is CCC(CC)C(CN)N1Cc2ccccc2C1. The van der Waals surface area contributed by atoms with Gasteiger partial charge < -0.3 is 5.73 Å². The van der Waals surface area contributed by atoms with Gasteiger partial charge in [0, 0.05) is 25.7 Å². The number of fused-ring (bicyclic) bond motifs is 1. The lowest BCUT2D eigenvalue weighted by atomic mass is 9.93. The molecular weight excluding hydrogens is 208 g/mol. The lowest BCUT2D eigenvalue weighted by molar-refractivity contribution is 0.139. The van der Waals surface area contributed by atoms with Gasteiger partial charge in [-0.05, 0) is 17.0 Å². The second kappa shape index (κ2) is 5.65. The van der Waals surface area contributed by atoms with Crippen molar-refractivity contribution in [2.24, 2.45) is 11.7 Å². The number of rotatable bonds is 5. The van der Waals surface area contributed by atoms with Crippen molar-refractivity contribution in [2.75, 3.05) is 6.54 Å². The molecule has 0 aromatic heterocycles. The second-order valence-corrected chi connectivity index (χ2v) is 5.05. The Bertz CT molecular complexity index is 333. The molecule has 1 aromatic rings. The molecule has 2 N–H and O–H groups in total.